The molecule has 142 valence electrons. The Morgan fingerprint density at radius 1 is 1.04 bits per heavy atom. The van der Waals surface area contributed by atoms with Gasteiger partial charge >= 0.3 is 6.09 Å². The molecule has 6 heteroatoms. The Morgan fingerprint density at radius 3 is 2.29 bits per heavy atom. The third kappa shape index (κ3) is 3.13. The van der Waals surface area contributed by atoms with Gasteiger partial charge in [0, 0.05) is 11.1 Å². The van der Waals surface area contributed by atoms with Crippen LogP contribution in [0.4, 0.5) is 10.5 Å². The van der Waals surface area contributed by atoms with Gasteiger partial charge in [0.2, 0.25) is 5.88 Å². The summed E-state index contributed by atoms with van der Waals surface area (Å²) < 4.78 is 0. The van der Waals surface area contributed by atoms with Gasteiger partial charge in [0.1, 0.15) is 0 Å². The Morgan fingerprint density at radius 2 is 1.71 bits per heavy atom. The molecule has 1 aromatic heterocycles. The fourth-order valence-electron chi connectivity index (χ4n) is 3.74. The largest absolute Gasteiger partial charge is 0.492 e. The van der Waals surface area contributed by atoms with Crippen LogP contribution in [0.3, 0.4) is 0 Å². The summed E-state index contributed by atoms with van der Waals surface area (Å²) in [6.45, 7) is 0. The predicted octanol–water partition coefficient (Wildman–Crippen LogP) is 4.35. The van der Waals surface area contributed by atoms with Gasteiger partial charge < -0.3 is 21.3 Å². The molecule has 1 amide bonds. The van der Waals surface area contributed by atoms with Crippen LogP contribution in [0.2, 0.25) is 0 Å². The van der Waals surface area contributed by atoms with Gasteiger partial charge in [0.25, 0.3) is 0 Å². The molecular formula is C22H21N3O3. The van der Waals surface area contributed by atoms with Gasteiger partial charge in [-0.2, -0.15) is 0 Å². The second-order valence-corrected chi connectivity index (χ2v) is 7.11. The van der Waals surface area contributed by atoms with E-state index in [9.17, 15) is 9.90 Å². The maximum atomic E-state index is 11.2. The topological polar surface area (TPSA) is 108 Å². The standard InChI is InChI=1S/C22H21N3O3/c23-18-13-17(14-5-2-1-3-6-14)19(24-20(18)26)15-7-9-16(10-8-15)22(11-4-12-22)25-21(27)28/h1-3,5-10,13,25H,4,11-12,23H2,(H,24,26)(H,27,28). The highest BCUT2D eigenvalue weighted by molar-refractivity contribution is 5.84. The number of pyridine rings is 1. The quantitative estimate of drug-likeness (QED) is 0.542. The molecule has 0 bridgehead atoms. The van der Waals surface area contributed by atoms with Crippen LogP contribution >= 0.6 is 0 Å². The number of amides is 1. The summed E-state index contributed by atoms with van der Waals surface area (Å²) in [4.78, 5) is 15.5. The third-order valence-corrected chi connectivity index (χ3v) is 5.38. The SMILES string of the molecule is Nc1cc(-c2ccccc2)c(-c2ccc(C3(NC(=O)O)CCC3)cc2)nc1O. The van der Waals surface area contributed by atoms with E-state index in [4.69, 9.17) is 10.8 Å². The fraction of sp³-hybridized carbons (Fsp3) is 0.182. The first-order valence-electron chi connectivity index (χ1n) is 9.15. The summed E-state index contributed by atoms with van der Waals surface area (Å²) in [6, 6.07) is 19.1. The van der Waals surface area contributed by atoms with Gasteiger partial charge in [0.15, 0.2) is 0 Å². The van der Waals surface area contributed by atoms with Crippen molar-refractivity contribution in [1.82, 2.24) is 10.3 Å². The second kappa shape index (κ2) is 6.88. The minimum atomic E-state index is -1.01. The van der Waals surface area contributed by atoms with Crippen LogP contribution in [-0.4, -0.2) is 21.3 Å². The fourth-order valence-corrected chi connectivity index (χ4v) is 3.74. The molecule has 0 aliphatic heterocycles. The molecule has 3 aromatic rings. The Kier molecular flexibility index (Phi) is 4.39. The van der Waals surface area contributed by atoms with Crippen LogP contribution < -0.4 is 11.1 Å². The molecule has 1 heterocycles. The average Bonchev–Trinajstić information content (AvgIpc) is 2.67. The maximum Gasteiger partial charge on any atom is 0.405 e. The van der Waals surface area contributed by atoms with Crippen LogP contribution in [0.25, 0.3) is 22.4 Å². The third-order valence-electron chi connectivity index (χ3n) is 5.38. The van der Waals surface area contributed by atoms with Crippen LogP contribution in [0, 0.1) is 0 Å². The van der Waals surface area contributed by atoms with Gasteiger partial charge in [-0.25, -0.2) is 9.78 Å². The Hall–Kier alpha value is -3.54. The number of hydrogen-bond acceptors (Lipinski definition) is 4. The summed E-state index contributed by atoms with van der Waals surface area (Å²) >= 11 is 0. The van der Waals surface area contributed by atoms with Crippen molar-refractivity contribution in [2.24, 2.45) is 0 Å². The normalized spacial score (nSPS) is 14.9. The first kappa shape index (κ1) is 17.9. The van der Waals surface area contributed by atoms with Crippen LogP contribution in [-0.2, 0) is 5.54 Å². The first-order chi connectivity index (χ1) is 13.5. The zero-order valence-electron chi connectivity index (χ0n) is 15.2. The van der Waals surface area contributed by atoms with E-state index in [1.807, 2.05) is 54.6 Å². The minimum Gasteiger partial charge on any atom is -0.492 e. The van der Waals surface area contributed by atoms with E-state index in [2.05, 4.69) is 10.3 Å². The molecule has 1 aliphatic rings. The summed E-state index contributed by atoms with van der Waals surface area (Å²) in [7, 11) is 0. The molecule has 0 spiro atoms. The number of benzene rings is 2. The smallest absolute Gasteiger partial charge is 0.405 e. The monoisotopic (exact) mass is 375 g/mol. The summed E-state index contributed by atoms with van der Waals surface area (Å²) in [5.74, 6) is -0.207. The Bertz CT molecular complexity index is 1010. The number of hydrogen-bond donors (Lipinski definition) is 4. The number of carbonyl (C=O) groups is 1. The molecule has 6 nitrogen and oxygen atoms in total. The van der Waals surface area contributed by atoms with E-state index < -0.39 is 11.6 Å². The zero-order valence-corrected chi connectivity index (χ0v) is 15.2. The van der Waals surface area contributed by atoms with Gasteiger partial charge in [-0.1, -0.05) is 54.6 Å². The highest BCUT2D eigenvalue weighted by Crippen LogP contribution is 2.42. The lowest BCUT2D eigenvalue weighted by Crippen LogP contribution is -2.50. The summed E-state index contributed by atoms with van der Waals surface area (Å²) in [6.07, 6.45) is 1.55. The van der Waals surface area contributed by atoms with Crippen molar-refractivity contribution >= 4 is 11.8 Å². The molecule has 28 heavy (non-hydrogen) atoms. The van der Waals surface area contributed by atoms with Crippen molar-refractivity contribution in [2.75, 3.05) is 5.73 Å². The van der Waals surface area contributed by atoms with Crippen molar-refractivity contribution < 1.29 is 15.0 Å². The minimum absolute atomic E-state index is 0.207. The molecule has 1 fully saturated rings. The van der Waals surface area contributed by atoms with E-state index in [1.54, 1.807) is 6.07 Å². The molecule has 0 unspecified atom stereocenters. The molecule has 1 saturated carbocycles. The lowest BCUT2D eigenvalue weighted by Gasteiger charge is -2.42. The Balaban J connectivity index is 1.76. The number of anilines is 1. The first-order valence-corrected chi connectivity index (χ1v) is 9.15. The van der Waals surface area contributed by atoms with Crippen molar-refractivity contribution in [1.29, 1.82) is 0 Å². The summed E-state index contributed by atoms with van der Waals surface area (Å²) in [5, 5.41) is 21.9. The highest BCUT2D eigenvalue weighted by atomic mass is 16.4. The van der Waals surface area contributed by atoms with Crippen LogP contribution in [0.1, 0.15) is 24.8 Å². The number of aromatic nitrogens is 1. The van der Waals surface area contributed by atoms with Crippen LogP contribution in [0.15, 0.2) is 60.7 Å². The molecule has 0 radical (unpaired) electrons. The predicted molar refractivity (Wildman–Crippen MR) is 108 cm³/mol. The molecule has 0 saturated heterocycles. The van der Waals surface area contributed by atoms with E-state index in [-0.39, 0.29) is 11.6 Å². The van der Waals surface area contributed by atoms with Gasteiger partial charge in [-0.3, -0.25) is 0 Å². The van der Waals surface area contributed by atoms with Crippen molar-refractivity contribution in [3.05, 3.63) is 66.2 Å². The van der Waals surface area contributed by atoms with Gasteiger partial charge in [-0.05, 0) is 36.5 Å². The van der Waals surface area contributed by atoms with E-state index >= 15 is 0 Å². The van der Waals surface area contributed by atoms with Gasteiger partial charge in [-0.15, -0.1) is 0 Å². The van der Waals surface area contributed by atoms with Crippen LogP contribution in [0.5, 0.6) is 5.88 Å². The molecule has 5 N–H and O–H groups in total. The number of nitrogens with two attached hydrogens (primary N) is 1. The van der Waals surface area contributed by atoms with Crippen molar-refractivity contribution in [3.63, 3.8) is 0 Å². The Labute approximate surface area is 162 Å². The van der Waals surface area contributed by atoms with Crippen molar-refractivity contribution in [2.45, 2.75) is 24.8 Å². The number of aromatic hydroxyl groups is 1. The van der Waals surface area contributed by atoms with Gasteiger partial charge in [0.05, 0.1) is 16.9 Å². The molecule has 0 atom stereocenters. The number of nitrogens with one attached hydrogen (secondary N) is 1. The van der Waals surface area contributed by atoms with E-state index in [1.165, 1.54) is 0 Å². The lowest BCUT2D eigenvalue weighted by molar-refractivity contribution is 0.144. The summed E-state index contributed by atoms with van der Waals surface area (Å²) in [5.41, 5.74) is 9.75. The molecule has 2 aromatic carbocycles. The second-order valence-electron chi connectivity index (χ2n) is 7.11. The number of rotatable bonds is 4. The molecule has 1 aliphatic carbocycles. The van der Waals surface area contributed by atoms with Crippen molar-refractivity contribution in [3.8, 4) is 28.3 Å². The molecular weight excluding hydrogens is 354 g/mol. The maximum absolute atomic E-state index is 11.2. The van der Waals surface area contributed by atoms with E-state index in [0.29, 0.717) is 5.69 Å². The van der Waals surface area contributed by atoms with E-state index in [0.717, 1.165) is 41.5 Å². The number of nitrogen functional groups attached to an aromatic ring is 1. The lowest BCUT2D eigenvalue weighted by atomic mass is 9.71. The zero-order chi connectivity index (χ0) is 19.7. The number of carboxylic acid groups (broad SMARTS) is 1. The highest BCUT2D eigenvalue weighted by Gasteiger charge is 2.40. The molecule has 4 rings (SSSR count). The average molecular weight is 375 g/mol. The number of nitrogens with zero attached hydrogens (tertiary/aromatic N) is 1.